The Bertz CT molecular complexity index is 539. The molecule has 0 atom stereocenters. The van der Waals surface area contributed by atoms with Gasteiger partial charge in [0.15, 0.2) is 5.78 Å². The Morgan fingerprint density at radius 3 is 2.44 bits per heavy atom. The third-order valence-corrected chi connectivity index (χ3v) is 3.38. The molecule has 0 saturated heterocycles. The van der Waals surface area contributed by atoms with Gasteiger partial charge in [-0.1, -0.05) is 51.1 Å². The lowest BCUT2D eigenvalue weighted by Crippen LogP contribution is -2.13. The Kier molecular flexibility index (Phi) is 3.25. The molecule has 1 heteroatoms. The van der Waals surface area contributed by atoms with Gasteiger partial charge < -0.3 is 0 Å². The van der Waals surface area contributed by atoms with Crippen molar-refractivity contribution >= 4 is 11.4 Å². The monoisotopic (exact) mass is 240 g/mol. The van der Waals surface area contributed by atoms with Crippen molar-refractivity contribution in [3.8, 4) is 0 Å². The number of ketones is 1. The molecule has 0 spiro atoms. The highest BCUT2D eigenvalue weighted by Gasteiger charge is 2.18. The molecular weight excluding hydrogens is 220 g/mol. The first-order chi connectivity index (χ1) is 8.39. The van der Waals surface area contributed by atoms with Gasteiger partial charge in [0.2, 0.25) is 0 Å². The maximum absolute atomic E-state index is 11.9. The molecule has 1 aliphatic carbocycles. The largest absolute Gasteiger partial charge is 0.294 e. The lowest BCUT2D eigenvalue weighted by molar-refractivity contribution is 0.101. The number of hydrogen-bond acceptors (Lipinski definition) is 1. The van der Waals surface area contributed by atoms with Crippen molar-refractivity contribution in [3.63, 3.8) is 0 Å². The van der Waals surface area contributed by atoms with Crippen LogP contribution in [0.2, 0.25) is 0 Å². The first-order valence-electron chi connectivity index (χ1n) is 6.41. The molecule has 1 aromatic rings. The van der Waals surface area contributed by atoms with Gasteiger partial charge in [0, 0.05) is 5.56 Å². The second-order valence-electron chi connectivity index (χ2n) is 5.89. The van der Waals surface area contributed by atoms with Crippen molar-refractivity contribution in [3.05, 3.63) is 53.1 Å². The molecule has 0 bridgehead atoms. The number of allylic oxidation sites excluding steroid dienone is 4. The molecule has 0 aromatic heterocycles. The number of hydrogen-bond donors (Lipinski definition) is 0. The molecule has 0 unspecified atom stereocenters. The SMILES string of the molecule is CC(=O)c1cc(C(C)(C)C)ccc1C1=CC=CC1. The Hall–Kier alpha value is -1.63. The predicted molar refractivity (Wildman–Crippen MR) is 76.9 cm³/mol. The van der Waals surface area contributed by atoms with Gasteiger partial charge in [-0.25, -0.2) is 0 Å². The van der Waals surface area contributed by atoms with Gasteiger partial charge in [0.1, 0.15) is 0 Å². The van der Waals surface area contributed by atoms with E-state index in [1.54, 1.807) is 6.92 Å². The maximum Gasteiger partial charge on any atom is 0.160 e. The first-order valence-corrected chi connectivity index (χ1v) is 6.41. The van der Waals surface area contributed by atoms with E-state index in [1.807, 2.05) is 0 Å². The fourth-order valence-corrected chi connectivity index (χ4v) is 2.23. The Morgan fingerprint density at radius 1 is 1.22 bits per heavy atom. The van der Waals surface area contributed by atoms with E-state index in [-0.39, 0.29) is 11.2 Å². The van der Waals surface area contributed by atoms with Gasteiger partial charge >= 0.3 is 0 Å². The highest BCUT2D eigenvalue weighted by molar-refractivity contribution is 5.99. The van der Waals surface area contributed by atoms with E-state index in [0.29, 0.717) is 0 Å². The zero-order chi connectivity index (χ0) is 13.3. The highest BCUT2D eigenvalue weighted by atomic mass is 16.1. The summed E-state index contributed by atoms with van der Waals surface area (Å²) in [6.45, 7) is 8.15. The van der Waals surface area contributed by atoms with Crippen LogP contribution in [0.15, 0.2) is 36.4 Å². The normalized spacial score (nSPS) is 14.8. The van der Waals surface area contributed by atoms with Crippen LogP contribution in [0.1, 0.15) is 55.6 Å². The quantitative estimate of drug-likeness (QED) is 0.694. The van der Waals surface area contributed by atoms with Crippen molar-refractivity contribution < 1.29 is 4.79 Å². The number of carbonyl (C=O) groups excluding carboxylic acids is 1. The third-order valence-electron chi connectivity index (χ3n) is 3.38. The van der Waals surface area contributed by atoms with E-state index in [2.05, 4.69) is 57.2 Å². The topological polar surface area (TPSA) is 17.1 Å². The summed E-state index contributed by atoms with van der Waals surface area (Å²) in [5, 5.41) is 0. The molecule has 1 aliphatic rings. The summed E-state index contributed by atoms with van der Waals surface area (Å²) in [5.41, 5.74) is 4.45. The summed E-state index contributed by atoms with van der Waals surface area (Å²) in [6, 6.07) is 6.29. The van der Waals surface area contributed by atoms with Crippen LogP contribution in [0, 0.1) is 0 Å². The molecule has 18 heavy (non-hydrogen) atoms. The maximum atomic E-state index is 11.9. The van der Waals surface area contributed by atoms with Crippen LogP contribution >= 0.6 is 0 Å². The van der Waals surface area contributed by atoms with E-state index in [4.69, 9.17) is 0 Å². The number of Topliss-reactive ketones (excluding diaryl/α,β-unsaturated/α-hetero) is 1. The van der Waals surface area contributed by atoms with Gasteiger partial charge in [0.25, 0.3) is 0 Å². The molecule has 0 amide bonds. The van der Waals surface area contributed by atoms with Crippen LogP contribution in [0.25, 0.3) is 5.57 Å². The van der Waals surface area contributed by atoms with Crippen molar-refractivity contribution in [1.82, 2.24) is 0 Å². The Morgan fingerprint density at radius 2 is 1.94 bits per heavy atom. The van der Waals surface area contributed by atoms with E-state index >= 15 is 0 Å². The lowest BCUT2D eigenvalue weighted by Gasteiger charge is -2.21. The summed E-state index contributed by atoms with van der Waals surface area (Å²) < 4.78 is 0. The second-order valence-corrected chi connectivity index (χ2v) is 5.89. The van der Waals surface area contributed by atoms with E-state index in [0.717, 1.165) is 17.5 Å². The minimum atomic E-state index is 0.0744. The summed E-state index contributed by atoms with van der Waals surface area (Å²) in [7, 11) is 0. The molecule has 0 aliphatic heterocycles. The Balaban J connectivity index is 2.52. The standard InChI is InChI=1S/C17H20O/c1-12(18)16-11-14(17(2,3)4)9-10-15(16)13-7-5-6-8-13/h5-7,9-11H,8H2,1-4H3. The van der Waals surface area contributed by atoms with Gasteiger partial charge in [0.05, 0.1) is 0 Å². The fraction of sp³-hybridized carbons (Fsp3) is 0.353. The van der Waals surface area contributed by atoms with Gasteiger partial charge in [-0.3, -0.25) is 4.79 Å². The van der Waals surface area contributed by atoms with Crippen LogP contribution in [-0.2, 0) is 5.41 Å². The van der Waals surface area contributed by atoms with Gasteiger partial charge in [-0.05, 0) is 41.5 Å². The first kappa shape index (κ1) is 12.8. The van der Waals surface area contributed by atoms with Gasteiger partial charge in [-0.15, -0.1) is 0 Å². The van der Waals surface area contributed by atoms with Crippen LogP contribution < -0.4 is 0 Å². The molecule has 0 saturated carbocycles. The number of benzene rings is 1. The predicted octanol–water partition coefficient (Wildman–Crippen LogP) is 4.53. The number of carbonyl (C=O) groups is 1. The molecule has 2 rings (SSSR count). The van der Waals surface area contributed by atoms with Crippen LogP contribution in [0.4, 0.5) is 0 Å². The fourth-order valence-electron chi connectivity index (χ4n) is 2.23. The van der Waals surface area contributed by atoms with Crippen LogP contribution in [-0.4, -0.2) is 5.78 Å². The second kappa shape index (κ2) is 4.56. The molecule has 1 aromatic carbocycles. The number of rotatable bonds is 2. The Labute approximate surface area is 109 Å². The van der Waals surface area contributed by atoms with Crippen molar-refractivity contribution in [2.45, 2.75) is 39.5 Å². The summed E-state index contributed by atoms with van der Waals surface area (Å²) in [5.74, 6) is 0.142. The van der Waals surface area contributed by atoms with E-state index < -0.39 is 0 Å². The van der Waals surface area contributed by atoms with Crippen molar-refractivity contribution in [1.29, 1.82) is 0 Å². The third kappa shape index (κ3) is 2.45. The minimum Gasteiger partial charge on any atom is -0.294 e. The van der Waals surface area contributed by atoms with E-state index in [1.165, 1.54) is 11.1 Å². The van der Waals surface area contributed by atoms with Crippen molar-refractivity contribution in [2.75, 3.05) is 0 Å². The molecule has 94 valence electrons. The summed E-state index contributed by atoms with van der Waals surface area (Å²) in [4.78, 5) is 11.9. The van der Waals surface area contributed by atoms with Crippen LogP contribution in [0.3, 0.4) is 0 Å². The molecular formula is C17H20O. The van der Waals surface area contributed by atoms with Crippen molar-refractivity contribution in [2.24, 2.45) is 0 Å². The molecule has 0 radical (unpaired) electrons. The molecule has 0 fully saturated rings. The summed E-state index contributed by atoms with van der Waals surface area (Å²) >= 11 is 0. The van der Waals surface area contributed by atoms with Gasteiger partial charge in [-0.2, -0.15) is 0 Å². The van der Waals surface area contributed by atoms with E-state index in [9.17, 15) is 4.79 Å². The summed E-state index contributed by atoms with van der Waals surface area (Å²) in [6.07, 6.45) is 7.20. The molecule has 1 nitrogen and oxygen atoms in total. The molecule has 0 heterocycles. The average molecular weight is 240 g/mol. The minimum absolute atomic E-state index is 0.0744. The smallest absolute Gasteiger partial charge is 0.160 e. The highest BCUT2D eigenvalue weighted by Crippen LogP contribution is 2.30. The van der Waals surface area contributed by atoms with Crippen LogP contribution in [0.5, 0.6) is 0 Å². The average Bonchev–Trinajstić information content (AvgIpc) is 2.80. The lowest BCUT2D eigenvalue weighted by atomic mass is 9.83. The zero-order valence-corrected chi connectivity index (χ0v) is 11.6. The molecule has 0 N–H and O–H groups in total. The zero-order valence-electron chi connectivity index (χ0n) is 11.6.